The Labute approximate surface area is 203 Å². The van der Waals surface area contributed by atoms with E-state index in [1.54, 1.807) is 12.1 Å². The third-order valence-corrected chi connectivity index (χ3v) is 6.79. The van der Waals surface area contributed by atoms with E-state index in [9.17, 15) is 18.4 Å². The standard InChI is InChI=1S/C26H21BrF2N3O2/c27-22-9-8-21-24-19(22)4-3-5-20(24)25(33)32(26(21)34)11-2-1-10-30-12-13-31(16-30)15-17-6-7-18(28)14-23(17)29/h3-9,12-14,16H,1-2,10-11,15H2/q+1. The van der Waals surface area contributed by atoms with Gasteiger partial charge in [0.1, 0.15) is 30.6 Å². The van der Waals surface area contributed by atoms with E-state index in [1.807, 2.05) is 46.1 Å². The van der Waals surface area contributed by atoms with Crippen LogP contribution in [0.15, 0.2) is 71.7 Å². The number of unbranched alkanes of at least 4 members (excludes halogenated alkanes) is 1. The Balaban J connectivity index is 1.20. The molecule has 1 aliphatic rings. The maximum absolute atomic E-state index is 13.9. The largest absolute Gasteiger partial charge is 0.274 e. The van der Waals surface area contributed by atoms with Crippen LogP contribution in [0.5, 0.6) is 0 Å². The predicted octanol–water partition coefficient (Wildman–Crippen LogP) is 5.09. The maximum atomic E-state index is 13.9. The highest BCUT2D eigenvalue weighted by molar-refractivity contribution is 9.10. The minimum atomic E-state index is -0.595. The average Bonchev–Trinajstić information content (AvgIpc) is 3.27. The van der Waals surface area contributed by atoms with Crippen molar-refractivity contribution in [2.45, 2.75) is 25.9 Å². The van der Waals surface area contributed by atoms with Crippen LogP contribution in [0.2, 0.25) is 0 Å². The second-order valence-electron chi connectivity index (χ2n) is 8.35. The van der Waals surface area contributed by atoms with E-state index in [1.165, 1.54) is 17.0 Å². The second kappa shape index (κ2) is 9.10. The number of carbonyl (C=O) groups is 2. The van der Waals surface area contributed by atoms with Gasteiger partial charge in [0.2, 0.25) is 6.33 Å². The molecular formula is C26H21BrF2N3O2+. The zero-order valence-corrected chi connectivity index (χ0v) is 19.8. The maximum Gasteiger partial charge on any atom is 0.261 e. The quantitative estimate of drug-likeness (QED) is 0.192. The highest BCUT2D eigenvalue weighted by atomic mass is 79.9. The first-order chi connectivity index (χ1) is 16.4. The Kier molecular flexibility index (Phi) is 6.00. The summed E-state index contributed by atoms with van der Waals surface area (Å²) in [6.45, 7) is 1.33. The van der Waals surface area contributed by atoms with Crippen LogP contribution in [0.1, 0.15) is 39.1 Å². The lowest BCUT2D eigenvalue weighted by Gasteiger charge is -2.27. The molecule has 0 radical (unpaired) electrons. The van der Waals surface area contributed by atoms with Crippen LogP contribution in [0.25, 0.3) is 10.8 Å². The van der Waals surface area contributed by atoms with Crippen LogP contribution in [0, 0.1) is 11.6 Å². The number of aromatic nitrogens is 2. The summed E-state index contributed by atoms with van der Waals surface area (Å²) >= 11 is 3.50. The molecule has 3 aromatic carbocycles. The summed E-state index contributed by atoms with van der Waals surface area (Å²) < 4.78 is 31.6. The minimum Gasteiger partial charge on any atom is -0.274 e. The molecule has 34 heavy (non-hydrogen) atoms. The van der Waals surface area contributed by atoms with Crippen molar-refractivity contribution in [3.63, 3.8) is 0 Å². The van der Waals surface area contributed by atoms with Crippen molar-refractivity contribution in [1.29, 1.82) is 0 Å². The fraction of sp³-hybridized carbons (Fsp3) is 0.192. The molecule has 5 rings (SSSR count). The molecule has 2 amide bonds. The lowest BCUT2D eigenvalue weighted by atomic mass is 9.94. The zero-order valence-electron chi connectivity index (χ0n) is 18.2. The van der Waals surface area contributed by atoms with Crippen molar-refractivity contribution < 1.29 is 22.9 Å². The third kappa shape index (κ3) is 4.14. The van der Waals surface area contributed by atoms with Gasteiger partial charge in [0.25, 0.3) is 11.8 Å². The van der Waals surface area contributed by atoms with E-state index in [2.05, 4.69) is 15.9 Å². The predicted molar refractivity (Wildman–Crippen MR) is 126 cm³/mol. The van der Waals surface area contributed by atoms with E-state index >= 15 is 0 Å². The molecule has 0 aliphatic carbocycles. The molecule has 5 nitrogen and oxygen atoms in total. The van der Waals surface area contributed by atoms with Crippen molar-refractivity contribution in [3.05, 3.63) is 100 Å². The number of amides is 2. The van der Waals surface area contributed by atoms with Crippen LogP contribution in [-0.2, 0) is 13.1 Å². The van der Waals surface area contributed by atoms with Gasteiger partial charge in [-0.1, -0.05) is 28.1 Å². The molecule has 1 aliphatic heterocycles. The van der Waals surface area contributed by atoms with Gasteiger partial charge in [0.15, 0.2) is 0 Å². The summed E-state index contributed by atoms with van der Waals surface area (Å²) in [5.74, 6) is -1.69. The van der Waals surface area contributed by atoms with Crippen molar-refractivity contribution in [2.24, 2.45) is 0 Å². The first kappa shape index (κ1) is 22.4. The van der Waals surface area contributed by atoms with Gasteiger partial charge < -0.3 is 0 Å². The lowest BCUT2D eigenvalue weighted by Crippen LogP contribution is -2.41. The Hall–Kier alpha value is -3.39. The Morgan fingerprint density at radius 3 is 2.47 bits per heavy atom. The van der Waals surface area contributed by atoms with Gasteiger partial charge in [0, 0.05) is 39.2 Å². The van der Waals surface area contributed by atoms with E-state index in [0.717, 1.165) is 22.3 Å². The number of hydrogen-bond acceptors (Lipinski definition) is 2. The van der Waals surface area contributed by atoms with Crippen molar-refractivity contribution >= 4 is 38.5 Å². The number of imide groups is 1. The van der Waals surface area contributed by atoms with Crippen molar-refractivity contribution in [2.75, 3.05) is 6.54 Å². The number of aryl methyl sites for hydroxylation is 1. The Bertz CT molecular complexity index is 1410. The summed E-state index contributed by atoms with van der Waals surface area (Å²) in [7, 11) is 0. The van der Waals surface area contributed by atoms with Gasteiger partial charge in [-0.05, 0) is 48.6 Å². The molecule has 0 spiro atoms. The number of halogens is 3. The average molecular weight is 525 g/mol. The molecular weight excluding hydrogens is 504 g/mol. The van der Waals surface area contributed by atoms with Crippen LogP contribution < -0.4 is 4.57 Å². The summed E-state index contributed by atoms with van der Waals surface area (Å²) in [6.07, 6.45) is 6.98. The number of carbonyl (C=O) groups excluding carboxylic acids is 2. The van der Waals surface area contributed by atoms with Gasteiger partial charge in [0.05, 0.1) is 6.54 Å². The molecule has 8 heteroatoms. The molecule has 0 atom stereocenters. The topological polar surface area (TPSA) is 46.2 Å². The number of hydrogen-bond donors (Lipinski definition) is 0. The second-order valence-corrected chi connectivity index (χ2v) is 9.21. The smallest absolute Gasteiger partial charge is 0.261 e. The number of rotatable bonds is 7. The lowest BCUT2D eigenvalue weighted by molar-refractivity contribution is -0.688. The van der Waals surface area contributed by atoms with Crippen LogP contribution in [0.4, 0.5) is 8.78 Å². The highest BCUT2D eigenvalue weighted by Gasteiger charge is 2.32. The summed E-state index contributed by atoms with van der Waals surface area (Å²) in [4.78, 5) is 27.4. The normalized spacial score (nSPS) is 13.2. The SMILES string of the molecule is O=C1c2cccc3c(Br)ccc(c23)C(=O)N1CCCCn1cc[n+](Cc2ccc(F)cc2F)c1. The van der Waals surface area contributed by atoms with Crippen LogP contribution in [0.3, 0.4) is 0 Å². The van der Waals surface area contributed by atoms with Gasteiger partial charge in [-0.3, -0.25) is 14.5 Å². The minimum absolute atomic E-state index is 0.263. The van der Waals surface area contributed by atoms with E-state index in [4.69, 9.17) is 0 Å². The van der Waals surface area contributed by atoms with Crippen LogP contribution in [-0.4, -0.2) is 27.8 Å². The summed E-state index contributed by atoms with van der Waals surface area (Å²) in [5, 5.41) is 1.57. The summed E-state index contributed by atoms with van der Waals surface area (Å²) in [5.41, 5.74) is 1.51. The molecule has 0 unspecified atom stereocenters. The van der Waals surface area contributed by atoms with Gasteiger partial charge in [-0.2, -0.15) is 0 Å². The molecule has 0 N–H and O–H groups in total. The molecule has 4 aromatic rings. The molecule has 0 fully saturated rings. The van der Waals surface area contributed by atoms with E-state index < -0.39 is 11.6 Å². The monoisotopic (exact) mass is 524 g/mol. The van der Waals surface area contributed by atoms with E-state index in [0.29, 0.717) is 48.1 Å². The third-order valence-electron chi connectivity index (χ3n) is 6.10. The summed E-state index contributed by atoms with van der Waals surface area (Å²) in [6, 6.07) is 12.7. The first-order valence-electron chi connectivity index (χ1n) is 11.0. The van der Waals surface area contributed by atoms with E-state index in [-0.39, 0.29) is 11.8 Å². The number of nitrogens with zero attached hydrogens (tertiary/aromatic N) is 3. The number of benzene rings is 3. The zero-order chi connectivity index (χ0) is 23.8. The van der Waals surface area contributed by atoms with Crippen molar-refractivity contribution in [1.82, 2.24) is 9.47 Å². The fourth-order valence-electron chi connectivity index (χ4n) is 4.39. The molecule has 0 bridgehead atoms. The molecule has 2 heterocycles. The Morgan fingerprint density at radius 1 is 0.912 bits per heavy atom. The van der Waals surface area contributed by atoms with Gasteiger partial charge in [-0.15, -0.1) is 0 Å². The fourth-order valence-corrected chi connectivity index (χ4v) is 4.85. The number of imidazole rings is 1. The van der Waals surface area contributed by atoms with Gasteiger partial charge >= 0.3 is 0 Å². The molecule has 172 valence electrons. The Morgan fingerprint density at radius 2 is 1.68 bits per heavy atom. The highest BCUT2D eigenvalue weighted by Crippen LogP contribution is 2.34. The van der Waals surface area contributed by atoms with Crippen LogP contribution >= 0.6 is 15.9 Å². The first-order valence-corrected chi connectivity index (χ1v) is 11.8. The molecule has 0 saturated heterocycles. The van der Waals surface area contributed by atoms with Gasteiger partial charge in [-0.25, -0.2) is 17.9 Å². The molecule has 0 saturated carbocycles. The molecule has 1 aromatic heterocycles. The van der Waals surface area contributed by atoms with Crippen molar-refractivity contribution in [3.8, 4) is 0 Å².